The molecule has 22 heavy (non-hydrogen) atoms. The molecule has 4 nitrogen and oxygen atoms in total. The molecule has 0 aliphatic rings. The van der Waals surface area contributed by atoms with E-state index >= 15 is 0 Å². The van der Waals surface area contributed by atoms with Gasteiger partial charge >= 0.3 is 0 Å². The van der Waals surface area contributed by atoms with Gasteiger partial charge in [-0.05, 0) is 0 Å². The van der Waals surface area contributed by atoms with Crippen molar-refractivity contribution in [1.82, 2.24) is 9.97 Å². The second kappa shape index (κ2) is 5.33. The predicted octanol–water partition coefficient (Wildman–Crippen LogP) is 4.66. The average molecular weight is 288 g/mol. The van der Waals surface area contributed by atoms with Crippen LogP contribution < -0.4 is 0 Å². The van der Waals surface area contributed by atoms with Crippen LogP contribution in [0, 0.1) is 0 Å². The molecule has 0 radical (unpaired) electrons. The van der Waals surface area contributed by atoms with Gasteiger partial charge in [-0.1, -0.05) is 60.7 Å². The Balaban J connectivity index is 1.86. The third kappa shape index (κ3) is 2.11. The summed E-state index contributed by atoms with van der Waals surface area (Å²) in [5.41, 5.74) is 3.44. The summed E-state index contributed by atoms with van der Waals surface area (Å²) in [6.07, 6.45) is 2.85. The molecule has 0 amide bonds. The number of rotatable bonds is 3. The number of oxazole rings is 2. The molecule has 0 saturated carbocycles. The van der Waals surface area contributed by atoms with E-state index in [1.165, 1.54) is 12.8 Å². The molecule has 2 aromatic carbocycles. The van der Waals surface area contributed by atoms with Gasteiger partial charge in [0.25, 0.3) is 0 Å². The molecule has 4 heteroatoms. The highest BCUT2D eigenvalue weighted by Crippen LogP contribution is 2.36. The first kappa shape index (κ1) is 12.6. The topological polar surface area (TPSA) is 52.1 Å². The van der Waals surface area contributed by atoms with E-state index in [-0.39, 0.29) is 0 Å². The van der Waals surface area contributed by atoms with Gasteiger partial charge < -0.3 is 8.83 Å². The molecule has 2 aromatic heterocycles. The number of nitrogens with zero attached hydrogens (tertiary/aromatic N) is 2. The van der Waals surface area contributed by atoms with Gasteiger partial charge in [0, 0.05) is 11.1 Å². The van der Waals surface area contributed by atoms with Crippen LogP contribution in [0.25, 0.3) is 34.0 Å². The molecule has 0 aliphatic heterocycles. The molecule has 0 unspecified atom stereocenters. The maximum absolute atomic E-state index is 5.58. The fourth-order valence-electron chi connectivity index (χ4n) is 2.42. The molecule has 0 N–H and O–H groups in total. The highest BCUT2D eigenvalue weighted by Gasteiger charge is 2.21. The summed E-state index contributed by atoms with van der Waals surface area (Å²) in [6, 6.07) is 19.7. The van der Waals surface area contributed by atoms with Crippen molar-refractivity contribution in [3.63, 3.8) is 0 Å². The van der Waals surface area contributed by atoms with E-state index in [9.17, 15) is 0 Å². The SMILES string of the molecule is c1ccc(-c2ncoc2-c2ocnc2-c2ccccc2)cc1. The monoisotopic (exact) mass is 288 g/mol. The van der Waals surface area contributed by atoms with Crippen LogP contribution in [0.1, 0.15) is 0 Å². The molecule has 4 aromatic rings. The zero-order chi connectivity index (χ0) is 14.8. The highest BCUT2D eigenvalue weighted by molar-refractivity contribution is 5.82. The number of hydrogen-bond acceptors (Lipinski definition) is 4. The van der Waals surface area contributed by atoms with E-state index in [0.717, 1.165) is 22.5 Å². The summed E-state index contributed by atoms with van der Waals surface area (Å²) >= 11 is 0. The van der Waals surface area contributed by atoms with Crippen molar-refractivity contribution in [2.45, 2.75) is 0 Å². The van der Waals surface area contributed by atoms with Gasteiger partial charge in [-0.15, -0.1) is 0 Å². The van der Waals surface area contributed by atoms with Crippen LogP contribution in [-0.4, -0.2) is 9.97 Å². The zero-order valence-electron chi connectivity index (χ0n) is 11.6. The van der Waals surface area contributed by atoms with E-state index < -0.39 is 0 Å². The molecular formula is C18H12N2O2. The van der Waals surface area contributed by atoms with Gasteiger partial charge in [0.1, 0.15) is 11.4 Å². The third-order valence-electron chi connectivity index (χ3n) is 3.44. The van der Waals surface area contributed by atoms with Crippen LogP contribution in [0.2, 0.25) is 0 Å². The molecule has 0 spiro atoms. The lowest BCUT2D eigenvalue weighted by atomic mass is 10.1. The van der Waals surface area contributed by atoms with Crippen molar-refractivity contribution in [1.29, 1.82) is 0 Å². The van der Waals surface area contributed by atoms with Crippen molar-refractivity contribution in [3.8, 4) is 34.0 Å². The fraction of sp³-hybridized carbons (Fsp3) is 0. The summed E-state index contributed by atoms with van der Waals surface area (Å²) in [4.78, 5) is 8.65. The largest absolute Gasteiger partial charge is 0.439 e. The summed E-state index contributed by atoms with van der Waals surface area (Å²) in [7, 11) is 0. The molecule has 0 saturated heterocycles. The average Bonchev–Trinajstić information content (AvgIpc) is 3.25. The number of hydrogen-bond donors (Lipinski definition) is 0. The van der Waals surface area contributed by atoms with E-state index in [4.69, 9.17) is 8.83 Å². The van der Waals surface area contributed by atoms with Crippen LogP contribution in [0.4, 0.5) is 0 Å². The lowest BCUT2D eigenvalue weighted by Gasteiger charge is -2.01. The first-order valence-corrected chi connectivity index (χ1v) is 6.91. The Morgan fingerprint density at radius 2 is 0.955 bits per heavy atom. The first-order valence-electron chi connectivity index (χ1n) is 6.91. The molecule has 2 heterocycles. The van der Waals surface area contributed by atoms with E-state index in [1.807, 2.05) is 60.7 Å². The van der Waals surface area contributed by atoms with Crippen molar-refractivity contribution < 1.29 is 8.83 Å². The molecule has 0 aliphatic carbocycles. The number of benzene rings is 2. The van der Waals surface area contributed by atoms with Crippen molar-refractivity contribution in [2.24, 2.45) is 0 Å². The van der Waals surface area contributed by atoms with Gasteiger partial charge in [-0.3, -0.25) is 0 Å². The van der Waals surface area contributed by atoms with Gasteiger partial charge in [-0.25, -0.2) is 9.97 Å². The minimum Gasteiger partial charge on any atom is -0.439 e. The molecular weight excluding hydrogens is 276 g/mol. The Labute approximate surface area is 127 Å². The maximum atomic E-state index is 5.58. The minimum atomic E-state index is 0.586. The maximum Gasteiger partial charge on any atom is 0.199 e. The Kier molecular flexibility index (Phi) is 3.05. The number of aromatic nitrogens is 2. The van der Waals surface area contributed by atoms with Gasteiger partial charge in [0.15, 0.2) is 24.3 Å². The molecule has 0 fully saturated rings. The van der Waals surface area contributed by atoms with Gasteiger partial charge in [-0.2, -0.15) is 0 Å². The molecule has 0 atom stereocenters. The van der Waals surface area contributed by atoms with Crippen molar-refractivity contribution in [2.75, 3.05) is 0 Å². The molecule has 0 bridgehead atoms. The summed E-state index contributed by atoms with van der Waals surface area (Å²) in [5, 5.41) is 0. The Bertz CT molecular complexity index is 804. The molecule has 106 valence electrons. The van der Waals surface area contributed by atoms with E-state index in [2.05, 4.69) is 9.97 Å². The van der Waals surface area contributed by atoms with Crippen LogP contribution in [0.3, 0.4) is 0 Å². The standard InChI is InChI=1S/C18H12N2O2/c1-3-7-13(8-4-1)15-17(21-11-19-15)18-16(20-12-22-18)14-9-5-2-6-10-14/h1-12H. The van der Waals surface area contributed by atoms with Gasteiger partial charge in [0.2, 0.25) is 0 Å². The smallest absolute Gasteiger partial charge is 0.199 e. The van der Waals surface area contributed by atoms with Gasteiger partial charge in [0.05, 0.1) is 0 Å². The van der Waals surface area contributed by atoms with Crippen molar-refractivity contribution in [3.05, 3.63) is 73.5 Å². The quantitative estimate of drug-likeness (QED) is 0.550. The minimum absolute atomic E-state index is 0.586. The summed E-state index contributed by atoms with van der Waals surface area (Å²) < 4.78 is 11.2. The Morgan fingerprint density at radius 1 is 0.545 bits per heavy atom. The normalized spacial score (nSPS) is 10.7. The van der Waals surface area contributed by atoms with Crippen LogP contribution in [0.15, 0.2) is 82.3 Å². The third-order valence-corrected chi connectivity index (χ3v) is 3.44. The van der Waals surface area contributed by atoms with Crippen LogP contribution in [0.5, 0.6) is 0 Å². The lowest BCUT2D eigenvalue weighted by molar-refractivity contribution is 0.518. The second-order valence-electron chi connectivity index (χ2n) is 4.79. The Morgan fingerprint density at radius 3 is 1.36 bits per heavy atom. The zero-order valence-corrected chi connectivity index (χ0v) is 11.6. The van der Waals surface area contributed by atoms with Crippen LogP contribution >= 0.6 is 0 Å². The predicted molar refractivity (Wildman–Crippen MR) is 82.9 cm³/mol. The van der Waals surface area contributed by atoms with Crippen LogP contribution in [-0.2, 0) is 0 Å². The molecule has 4 rings (SSSR count). The van der Waals surface area contributed by atoms with E-state index in [1.54, 1.807) is 0 Å². The fourth-order valence-corrected chi connectivity index (χ4v) is 2.42. The summed E-state index contributed by atoms with van der Waals surface area (Å²) in [5.74, 6) is 1.17. The highest BCUT2D eigenvalue weighted by atomic mass is 16.4. The summed E-state index contributed by atoms with van der Waals surface area (Å²) in [6.45, 7) is 0. The first-order chi connectivity index (χ1) is 10.9. The Hall–Kier alpha value is -3.14. The van der Waals surface area contributed by atoms with E-state index in [0.29, 0.717) is 11.5 Å². The van der Waals surface area contributed by atoms with Crippen molar-refractivity contribution >= 4 is 0 Å². The second-order valence-corrected chi connectivity index (χ2v) is 4.79. The lowest BCUT2D eigenvalue weighted by Crippen LogP contribution is -1.84.